The summed E-state index contributed by atoms with van der Waals surface area (Å²) in [5, 5.41) is 0. The van der Waals surface area contributed by atoms with Crippen LogP contribution in [-0.4, -0.2) is 29.6 Å². The van der Waals surface area contributed by atoms with Crippen molar-refractivity contribution in [1.29, 1.82) is 0 Å². The van der Waals surface area contributed by atoms with Crippen molar-refractivity contribution < 1.29 is 0 Å². The van der Waals surface area contributed by atoms with E-state index in [1.807, 2.05) is 0 Å². The standard InChI is InChI=1S/C17H27BrN2/c1-3-20(17-10-8-16(19)9-11-17)13(2)12-14-4-6-15(18)7-5-14/h4-7,13,16-17H,3,8-12,19H2,1-2H3. The van der Waals surface area contributed by atoms with Crippen LogP contribution in [0.2, 0.25) is 0 Å². The van der Waals surface area contributed by atoms with Crippen LogP contribution in [-0.2, 0) is 6.42 Å². The van der Waals surface area contributed by atoms with Crippen LogP contribution in [0.5, 0.6) is 0 Å². The summed E-state index contributed by atoms with van der Waals surface area (Å²) in [4.78, 5) is 2.67. The first-order chi connectivity index (χ1) is 9.60. The molecule has 1 unspecified atom stereocenters. The summed E-state index contributed by atoms with van der Waals surface area (Å²) in [5.74, 6) is 0. The van der Waals surface area contributed by atoms with Gasteiger partial charge in [0.15, 0.2) is 0 Å². The van der Waals surface area contributed by atoms with Gasteiger partial charge in [-0.25, -0.2) is 0 Å². The number of likely N-dealkylation sites (N-methyl/N-ethyl adjacent to an activating group) is 1. The lowest BCUT2D eigenvalue weighted by Gasteiger charge is -2.39. The summed E-state index contributed by atoms with van der Waals surface area (Å²) in [6, 6.07) is 10.5. The Labute approximate surface area is 131 Å². The fourth-order valence-corrected chi connectivity index (χ4v) is 3.71. The lowest BCUT2D eigenvalue weighted by atomic mass is 9.89. The predicted molar refractivity (Wildman–Crippen MR) is 89.9 cm³/mol. The maximum Gasteiger partial charge on any atom is 0.0175 e. The molecule has 0 heterocycles. The lowest BCUT2D eigenvalue weighted by molar-refractivity contribution is 0.114. The minimum absolute atomic E-state index is 0.437. The van der Waals surface area contributed by atoms with Crippen molar-refractivity contribution >= 4 is 15.9 Å². The second-order valence-electron chi connectivity index (χ2n) is 6.08. The highest BCUT2D eigenvalue weighted by molar-refractivity contribution is 9.10. The number of benzene rings is 1. The molecule has 0 spiro atoms. The molecular formula is C17H27BrN2. The van der Waals surface area contributed by atoms with Gasteiger partial charge in [-0.15, -0.1) is 0 Å². The summed E-state index contributed by atoms with van der Waals surface area (Å²) in [7, 11) is 0. The quantitative estimate of drug-likeness (QED) is 0.879. The summed E-state index contributed by atoms with van der Waals surface area (Å²) in [6.07, 6.45) is 6.03. The number of nitrogens with zero attached hydrogens (tertiary/aromatic N) is 1. The molecule has 0 amide bonds. The third kappa shape index (κ3) is 4.31. The maximum absolute atomic E-state index is 6.03. The fraction of sp³-hybridized carbons (Fsp3) is 0.647. The monoisotopic (exact) mass is 338 g/mol. The first-order valence-corrected chi connectivity index (χ1v) is 8.65. The Hall–Kier alpha value is -0.380. The molecule has 2 rings (SSSR count). The molecule has 3 heteroatoms. The zero-order valence-corrected chi connectivity index (χ0v) is 14.3. The van der Waals surface area contributed by atoms with Crippen LogP contribution in [0.15, 0.2) is 28.7 Å². The van der Waals surface area contributed by atoms with E-state index in [9.17, 15) is 0 Å². The Morgan fingerprint density at radius 2 is 1.80 bits per heavy atom. The van der Waals surface area contributed by atoms with Crippen molar-refractivity contribution in [3.8, 4) is 0 Å². The Kier molecular flexibility index (Phi) is 6.06. The van der Waals surface area contributed by atoms with Gasteiger partial charge in [0, 0.05) is 22.6 Å². The van der Waals surface area contributed by atoms with E-state index in [2.05, 4.69) is 58.9 Å². The van der Waals surface area contributed by atoms with Gasteiger partial charge in [0.25, 0.3) is 0 Å². The Morgan fingerprint density at radius 1 is 1.20 bits per heavy atom. The number of nitrogens with two attached hydrogens (primary N) is 1. The van der Waals surface area contributed by atoms with Gasteiger partial charge in [-0.1, -0.05) is 35.0 Å². The molecule has 2 nitrogen and oxygen atoms in total. The number of hydrogen-bond donors (Lipinski definition) is 1. The van der Waals surface area contributed by atoms with E-state index >= 15 is 0 Å². The molecule has 112 valence electrons. The summed E-state index contributed by atoms with van der Waals surface area (Å²) in [5.41, 5.74) is 7.45. The summed E-state index contributed by atoms with van der Waals surface area (Å²) in [6.45, 7) is 5.78. The molecule has 0 bridgehead atoms. The van der Waals surface area contributed by atoms with Crippen molar-refractivity contribution in [1.82, 2.24) is 4.90 Å². The van der Waals surface area contributed by atoms with Gasteiger partial charge >= 0.3 is 0 Å². The average Bonchev–Trinajstić information content (AvgIpc) is 2.44. The third-order valence-electron chi connectivity index (χ3n) is 4.59. The highest BCUT2D eigenvalue weighted by atomic mass is 79.9. The minimum Gasteiger partial charge on any atom is -0.328 e. The molecular weight excluding hydrogens is 312 g/mol. The molecule has 1 atom stereocenters. The Balaban J connectivity index is 1.94. The fourth-order valence-electron chi connectivity index (χ4n) is 3.44. The van der Waals surface area contributed by atoms with Crippen LogP contribution in [0.25, 0.3) is 0 Å². The van der Waals surface area contributed by atoms with Gasteiger partial charge in [-0.05, 0) is 63.3 Å². The van der Waals surface area contributed by atoms with Crippen molar-refractivity contribution in [2.24, 2.45) is 5.73 Å². The molecule has 0 aliphatic heterocycles. The van der Waals surface area contributed by atoms with Gasteiger partial charge in [-0.3, -0.25) is 4.90 Å². The van der Waals surface area contributed by atoms with E-state index in [0.717, 1.165) is 23.5 Å². The SMILES string of the molecule is CCN(C(C)Cc1ccc(Br)cc1)C1CCC(N)CC1. The number of halogens is 1. The van der Waals surface area contributed by atoms with E-state index in [1.54, 1.807) is 0 Å². The molecule has 1 aliphatic rings. The zero-order chi connectivity index (χ0) is 14.5. The topological polar surface area (TPSA) is 29.3 Å². The van der Waals surface area contributed by atoms with Crippen LogP contribution >= 0.6 is 15.9 Å². The molecule has 1 aromatic carbocycles. The van der Waals surface area contributed by atoms with Crippen molar-refractivity contribution in [3.05, 3.63) is 34.3 Å². The molecule has 0 aromatic heterocycles. The molecule has 0 radical (unpaired) electrons. The molecule has 20 heavy (non-hydrogen) atoms. The largest absolute Gasteiger partial charge is 0.328 e. The van der Waals surface area contributed by atoms with Gasteiger partial charge in [0.2, 0.25) is 0 Å². The van der Waals surface area contributed by atoms with E-state index in [4.69, 9.17) is 5.73 Å². The Morgan fingerprint density at radius 3 is 2.35 bits per heavy atom. The van der Waals surface area contributed by atoms with Gasteiger partial charge in [-0.2, -0.15) is 0 Å². The number of hydrogen-bond acceptors (Lipinski definition) is 2. The summed E-state index contributed by atoms with van der Waals surface area (Å²) >= 11 is 3.50. The lowest BCUT2D eigenvalue weighted by Crippen LogP contribution is -2.46. The number of rotatable bonds is 5. The van der Waals surface area contributed by atoms with Crippen LogP contribution in [0.3, 0.4) is 0 Å². The van der Waals surface area contributed by atoms with E-state index in [0.29, 0.717) is 12.1 Å². The second-order valence-corrected chi connectivity index (χ2v) is 6.99. The van der Waals surface area contributed by atoms with Gasteiger partial charge in [0.1, 0.15) is 0 Å². The predicted octanol–water partition coefficient (Wildman–Crippen LogP) is 3.97. The van der Waals surface area contributed by atoms with Crippen LogP contribution in [0.4, 0.5) is 0 Å². The molecule has 1 aliphatic carbocycles. The first kappa shape index (κ1) is 16.0. The average molecular weight is 339 g/mol. The molecule has 0 saturated heterocycles. The van der Waals surface area contributed by atoms with Gasteiger partial charge in [0.05, 0.1) is 0 Å². The third-order valence-corrected chi connectivity index (χ3v) is 5.11. The van der Waals surface area contributed by atoms with Crippen LogP contribution < -0.4 is 5.73 Å². The van der Waals surface area contributed by atoms with E-state index in [-0.39, 0.29) is 0 Å². The van der Waals surface area contributed by atoms with Crippen molar-refractivity contribution in [2.45, 2.75) is 64.1 Å². The molecule has 2 N–H and O–H groups in total. The van der Waals surface area contributed by atoms with Gasteiger partial charge < -0.3 is 5.73 Å². The molecule has 1 aromatic rings. The maximum atomic E-state index is 6.03. The van der Waals surface area contributed by atoms with Crippen LogP contribution in [0, 0.1) is 0 Å². The molecule has 1 saturated carbocycles. The van der Waals surface area contributed by atoms with Crippen molar-refractivity contribution in [2.75, 3.05) is 6.54 Å². The summed E-state index contributed by atoms with van der Waals surface area (Å²) < 4.78 is 1.16. The van der Waals surface area contributed by atoms with E-state index in [1.165, 1.54) is 31.2 Å². The Bertz CT molecular complexity index is 396. The van der Waals surface area contributed by atoms with E-state index < -0.39 is 0 Å². The van der Waals surface area contributed by atoms with Crippen molar-refractivity contribution in [3.63, 3.8) is 0 Å². The van der Waals surface area contributed by atoms with Crippen LogP contribution in [0.1, 0.15) is 45.1 Å². The minimum atomic E-state index is 0.437. The first-order valence-electron chi connectivity index (χ1n) is 7.86. The highest BCUT2D eigenvalue weighted by Gasteiger charge is 2.26. The second kappa shape index (κ2) is 7.58. The molecule has 1 fully saturated rings. The normalized spacial score (nSPS) is 24.9. The zero-order valence-electron chi connectivity index (χ0n) is 12.7. The smallest absolute Gasteiger partial charge is 0.0175 e. The highest BCUT2D eigenvalue weighted by Crippen LogP contribution is 2.25.